The summed E-state index contributed by atoms with van der Waals surface area (Å²) in [6.45, 7) is 2.42. The molecule has 5 heteroatoms. The Morgan fingerprint density at radius 3 is 2.38 bits per heavy atom. The van der Waals surface area contributed by atoms with Crippen LogP contribution in [0.2, 0.25) is 0 Å². The quantitative estimate of drug-likeness (QED) is 0.179. The van der Waals surface area contributed by atoms with Crippen LogP contribution in [0.1, 0.15) is 41.6 Å². The summed E-state index contributed by atoms with van der Waals surface area (Å²) >= 11 is 0. The number of allylic oxidation sites excluding steroid dienone is 5. The van der Waals surface area contributed by atoms with Crippen molar-refractivity contribution in [1.82, 2.24) is 14.5 Å². The Kier molecular flexibility index (Phi) is 7.11. The van der Waals surface area contributed by atoms with Crippen LogP contribution >= 0.6 is 0 Å². The lowest BCUT2D eigenvalue weighted by molar-refractivity contribution is 0.636. The molecule has 0 fully saturated rings. The Morgan fingerprint density at radius 1 is 0.683 bits per heavy atom. The van der Waals surface area contributed by atoms with E-state index in [0.717, 1.165) is 68.2 Å². The number of hydrogen-bond donors (Lipinski definition) is 0. The van der Waals surface area contributed by atoms with Crippen LogP contribution in [0.3, 0.4) is 0 Å². The van der Waals surface area contributed by atoms with Crippen LogP contribution < -0.4 is 4.90 Å². The van der Waals surface area contributed by atoms with Gasteiger partial charge in [-0.3, -0.25) is 4.57 Å². The Bertz CT molecular complexity index is 3530. The molecule has 2 unspecified atom stereocenters. The number of aryl methyl sites for hydroxylation is 1. The first-order valence-corrected chi connectivity index (χ1v) is 21.0. The number of anilines is 2. The fraction of sp³-hybridized carbons (Fsp3) is 0.0909. The topological polar surface area (TPSA) is 47.1 Å². The van der Waals surface area contributed by atoms with Gasteiger partial charge in [-0.25, -0.2) is 9.97 Å². The molecule has 0 saturated heterocycles. The largest absolute Gasteiger partial charge is 0.454 e. The van der Waals surface area contributed by atoms with Gasteiger partial charge in [-0.15, -0.1) is 0 Å². The molecule has 7 aromatic carbocycles. The average Bonchev–Trinajstić information content (AvgIpc) is 3.97. The highest BCUT2D eigenvalue weighted by Gasteiger charge is 2.41. The molecule has 10 aromatic rings. The highest BCUT2D eigenvalue weighted by molar-refractivity contribution is 6.19. The third-order valence-electron chi connectivity index (χ3n) is 13.2. The van der Waals surface area contributed by atoms with Crippen LogP contribution in [-0.2, 0) is 6.42 Å². The molecule has 0 saturated carbocycles. The summed E-state index contributed by atoms with van der Waals surface area (Å²) in [5.41, 5.74) is 15.8. The Hall–Kier alpha value is -7.50. The summed E-state index contributed by atoms with van der Waals surface area (Å²) in [4.78, 5) is 13.4. The number of hydrogen-bond acceptors (Lipinski definition) is 4. The van der Waals surface area contributed by atoms with Gasteiger partial charge in [-0.2, -0.15) is 0 Å². The number of nitrogens with zero attached hydrogens (tertiary/aromatic N) is 4. The van der Waals surface area contributed by atoms with Gasteiger partial charge in [0.1, 0.15) is 11.1 Å². The predicted molar refractivity (Wildman–Crippen MR) is 247 cm³/mol. The molecule has 60 heavy (non-hydrogen) atoms. The van der Waals surface area contributed by atoms with E-state index in [1.165, 1.54) is 55.5 Å². The van der Waals surface area contributed by atoms with Crippen molar-refractivity contribution in [2.24, 2.45) is 5.92 Å². The monoisotopic (exact) mass is 770 g/mol. The SMILES string of the molecule is CC1C(c2cc3c4ccccc4oc3c3c2c2c(n3-c3nc(-c4ccc5ccccc5c4)c4ccccc4n3)C=CCC2)=CC=C2C1c1ccccc1N2c1ccccc1. The van der Waals surface area contributed by atoms with Gasteiger partial charge in [-0.1, -0.05) is 128 Å². The lowest BCUT2D eigenvalue weighted by atomic mass is 9.75. The standard InChI is InChI=1S/C55H38N4O/c1-33-38(29-30-48-50(33)41-21-8-12-24-46(41)58(48)37-17-3-2-4-18-37)43-32-44-39-19-10-14-26-49(39)60-54(44)53-51(43)42-22-9-13-25-47(42)59(53)55-56-45-23-11-7-20-40(45)52(57-55)36-28-27-34-15-5-6-16-35(34)31-36/h2-8,10-21,23-33,50H,9,22H2,1H3. The zero-order valence-electron chi connectivity index (χ0n) is 33.0. The molecular weight excluding hydrogens is 733 g/mol. The highest BCUT2D eigenvalue weighted by Crippen LogP contribution is 2.56. The number of aromatic nitrogens is 3. The summed E-state index contributed by atoms with van der Waals surface area (Å²) in [5.74, 6) is 1.03. The van der Waals surface area contributed by atoms with Gasteiger partial charge in [-0.05, 0) is 106 Å². The smallest absolute Gasteiger partial charge is 0.235 e. The Balaban J connectivity index is 1.11. The summed E-state index contributed by atoms with van der Waals surface area (Å²) in [5, 5.41) is 6.85. The predicted octanol–water partition coefficient (Wildman–Crippen LogP) is 14.1. The first kappa shape index (κ1) is 33.5. The summed E-state index contributed by atoms with van der Waals surface area (Å²) in [6.07, 6.45) is 11.2. The number of rotatable bonds is 4. The van der Waals surface area contributed by atoms with Crippen LogP contribution in [-0.4, -0.2) is 14.5 Å². The molecule has 13 rings (SSSR count). The van der Waals surface area contributed by atoms with Crippen molar-refractivity contribution in [3.63, 3.8) is 0 Å². The minimum Gasteiger partial charge on any atom is -0.454 e. The molecule has 5 nitrogen and oxygen atoms in total. The molecule has 1 aliphatic heterocycles. The van der Waals surface area contributed by atoms with E-state index in [-0.39, 0.29) is 11.8 Å². The van der Waals surface area contributed by atoms with Crippen LogP contribution in [0.15, 0.2) is 180 Å². The van der Waals surface area contributed by atoms with Gasteiger partial charge in [0.2, 0.25) is 5.95 Å². The van der Waals surface area contributed by atoms with E-state index < -0.39 is 0 Å². The van der Waals surface area contributed by atoms with Gasteiger partial charge in [0.05, 0.1) is 16.9 Å². The van der Waals surface area contributed by atoms with E-state index in [1.807, 2.05) is 0 Å². The van der Waals surface area contributed by atoms with Crippen molar-refractivity contribution in [3.05, 3.63) is 198 Å². The second-order valence-corrected chi connectivity index (χ2v) is 16.4. The third kappa shape index (κ3) is 4.74. The third-order valence-corrected chi connectivity index (χ3v) is 13.2. The summed E-state index contributed by atoms with van der Waals surface area (Å²) in [6, 6.07) is 54.2. The van der Waals surface area contributed by atoms with Gasteiger partial charge in [0, 0.05) is 50.1 Å². The molecule has 2 atom stereocenters. The van der Waals surface area contributed by atoms with E-state index >= 15 is 0 Å². The molecule has 3 aliphatic rings. The van der Waals surface area contributed by atoms with Crippen LogP contribution in [0, 0.1) is 5.92 Å². The molecule has 0 bridgehead atoms. The second-order valence-electron chi connectivity index (χ2n) is 16.4. The number of furan rings is 1. The number of benzene rings is 7. The maximum Gasteiger partial charge on any atom is 0.235 e. The van der Waals surface area contributed by atoms with Gasteiger partial charge >= 0.3 is 0 Å². The Labute approximate surface area is 346 Å². The van der Waals surface area contributed by atoms with Gasteiger partial charge in [0.15, 0.2) is 5.58 Å². The van der Waals surface area contributed by atoms with Crippen molar-refractivity contribution in [3.8, 4) is 17.2 Å². The molecule has 0 amide bonds. The number of para-hydroxylation sites is 4. The van der Waals surface area contributed by atoms with Crippen molar-refractivity contribution >= 4 is 77.5 Å². The van der Waals surface area contributed by atoms with E-state index in [2.05, 4.69) is 192 Å². The minimum atomic E-state index is 0.188. The highest BCUT2D eigenvalue weighted by atomic mass is 16.3. The lowest BCUT2D eigenvalue weighted by Gasteiger charge is -2.31. The van der Waals surface area contributed by atoms with Gasteiger partial charge < -0.3 is 9.32 Å². The molecule has 4 heterocycles. The van der Waals surface area contributed by atoms with E-state index in [9.17, 15) is 0 Å². The first-order chi connectivity index (χ1) is 29.7. The van der Waals surface area contributed by atoms with Crippen molar-refractivity contribution < 1.29 is 4.42 Å². The minimum absolute atomic E-state index is 0.188. The second kappa shape index (κ2) is 12.7. The van der Waals surface area contributed by atoms with E-state index in [0.29, 0.717) is 5.95 Å². The van der Waals surface area contributed by atoms with Gasteiger partial charge in [0.25, 0.3) is 0 Å². The van der Waals surface area contributed by atoms with Crippen LogP contribution in [0.25, 0.3) is 83.4 Å². The first-order valence-electron chi connectivity index (χ1n) is 21.0. The molecule has 0 radical (unpaired) electrons. The molecular formula is C55H38N4O. The fourth-order valence-corrected chi connectivity index (χ4v) is 10.6. The van der Waals surface area contributed by atoms with Crippen molar-refractivity contribution in [2.75, 3.05) is 4.90 Å². The van der Waals surface area contributed by atoms with E-state index in [4.69, 9.17) is 14.4 Å². The normalized spacial score (nSPS) is 17.1. The number of fused-ring (bicyclic) bond motifs is 12. The average molecular weight is 771 g/mol. The zero-order chi connectivity index (χ0) is 39.5. The molecule has 3 aromatic heterocycles. The maximum absolute atomic E-state index is 6.97. The summed E-state index contributed by atoms with van der Waals surface area (Å²) < 4.78 is 9.27. The molecule has 284 valence electrons. The van der Waals surface area contributed by atoms with E-state index in [1.54, 1.807) is 0 Å². The van der Waals surface area contributed by atoms with Crippen molar-refractivity contribution in [1.29, 1.82) is 0 Å². The summed E-state index contributed by atoms with van der Waals surface area (Å²) in [7, 11) is 0. The zero-order valence-corrected chi connectivity index (χ0v) is 33.0. The van der Waals surface area contributed by atoms with Crippen LogP contribution in [0.5, 0.6) is 0 Å². The van der Waals surface area contributed by atoms with Crippen molar-refractivity contribution in [2.45, 2.75) is 25.7 Å². The maximum atomic E-state index is 6.97. The fourth-order valence-electron chi connectivity index (χ4n) is 10.6. The lowest BCUT2D eigenvalue weighted by Crippen LogP contribution is -2.20. The Morgan fingerprint density at radius 2 is 1.47 bits per heavy atom. The molecule has 0 spiro atoms. The molecule has 2 aliphatic carbocycles. The van der Waals surface area contributed by atoms with Crippen LogP contribution in [0.4, 0.5) is 11.4 Å². The molecule has 0 N–H and O–H groups in total.